The van der Waals surface area contributed by atoms with E-state index in [1.807, 2.05) is 12.1 Å². The molecule has 116 valence electrons. The molecule has 0 saturated carbocycles. The van der Waals surface area contributed by atoms with Crippen molar-refractivity contribution in [3.63, 3.8) is 0 Å². The fourth-order valence-corrected chi connectivity index (χ4v) is 4.64. The largest absolute Gasteiger partial charge is 0.384 e. The van der Waals surface area contributed by atoms with Crippen molar-refractivity contribution in [3.05, 3.63) is 29.8 Å². The van der Waals surface area contributed by atoms with Crippen LogP contribution in [-0.4, -0.2) is 37.9 Å². The van der Waals surface area contributed by atoms with E-state index in [1.54, 1.807) is 19.1 Å². The van der Waals surface area contributed by atoms with Gasteiger partial charge in [0.05, 0.1) is 22.6 Å². The summed E-state index contributed by atoms with van der Waals surface area (Å²) in [6.45, 7) is 4.63. The van der Waals surface area contributed by atoms with E-state index in [0.29, 0.717) is 12.0 Å². The van der Waals surface area contributed by atoms with Gasteiger partial charge in [0, 0.05) is 12.2 Å². The van der Waals surface area contributed by atoms with E-state index in [1.165, 1.54) is 0 Å². The van der Waals surface area contributed by atoms with Gasteiger partial charge in [0.1, 0.15) is 0 Å². The Morgan fingerprint density at radius 1 is 1.33 bits per heavy atom. The lowest BCUT2D eigenvalue weighted by atomic mass is 10.0. The Balaban J connectivity index is 2.14. The summed E-state index contributed by atoms with van der Waals surface area (Å²) in [5.74, 6) is -0.0793. The Morgan fingerprint density at radius 3 is 2.67 bits per heavy atom. The van der Waals surface area contributed by atoms with Gasteiger partial charge in [-0.3, -0.25) is 4.79 Å². The smallest absolute Gasteiger partial charge is 0.253 e. The number of benzene rings is 1. The fourth-order valence-electron chi connectivity index (χ4n) is 2.55. The maximum Gasteiger partial charge on any atom is 0.253 e. The number of sulfone groups is 1. The second-order valence-electron chi connectivity index (χ2n) is 5.83. The number of nitrogens with one attached hydrogen (secondary N) is 2. The van der Waals surface area contributed by atoms with Gasteiger partial charge >= 0.3 is 0 Å². The molecule has 0 bridgehead atoms. The molecule has 2 rings (SSSR count). The molecule has 1 aliphatic heterocycles. The van der Waals surface area contributed by atoms with Gasteiger partial charge in [-0.15, -0.1) is 0 Å². The second kappa shape index (κ2) is 6.05. The first-order valence-corrected chi connectivity index (χ1v) is 9.03. The standard InChI is InChI=1S/C15H22N2O3S/c1-3-9-16-13-7-5-4-6-12(13)14(18)17-15(2)8-10-21(19,20)11-15/h4-7,16H,3,8-11H2,1-2H3,(H,17,18). The number of hydrogen-bond acceptors (Lipinski definition) is 4. The van der Waals surface area contributed by atoms with Crippen LogP contribution in [0.4, 0.5) is 5.69 Å². The number of para-hydroxylation sites is 1. The average Bonchev–Trinajstić information content (AvgIpc) is 2.70. The SMILES string of the molecule is CCCNc1ccccc1C(=O)NC1(C)CCS(=O)(=O)C1. The van der Waals surface area contributed by atoms with E-state index >= 15 is 0 Å². The first kappa shape index (κ1) is 15.8. The van der Waals surface area contributed by atoms with Crippen LogP contribution in [0.3, 0.4) is 0 Å². The predicted molar refractivity (Wildman–Crippen MR) is 84.4 cm³/mol. The van der Waals surface area contributed by atoms with Crippen molar-refractivity contribution in [1.82, 2.24) is 5.32 Å². The number of hydrogen-bond donors (Lipinski definition) is 2. The van der Waals surface area contributed by atoms with Gasteiger partial charge in [-0.05, 0) is 31.9 Å². The van der Waals surface area contributed by atoms with E-state index < -0.39 is 15.4 Å². The summed E-state index contributed by atoms with van der Waals surface area (Å²) in [6.07, 6.45) is 1.43. The molecule has 1 saturated heterocycles. The summed E-state index contributed by atoms with van der Waals surface area (Å²) >= 11 is 0. The maximum atomic E-state index is 12.5. The fraction of sp³-hybridized carbons (Fsp3) is 0.533. The van der Waals surface area contributed by atoms with Crippen LogP contribution < -0.4 is 10.6 Å². The van der Waals surface area contributed by atoms with Crippen LogP contribution in [0, 0.1) is 0 Å². The molecule has 1 aliphatic rings. The summed E-state index contributed by atoms with van der Waals surface area (Å²) in [4.78, 5) is 12.5. The number of carbonyl (C=O) groups excluding carboxylic acids is 1. The second-order valence-corrected chi connectivity index (χ2v) is 8.01. The number of anilines is 1. The molecule has 2 N–H and O–H groups in total. The molecule has 1 atom stereocenters. The molecule has 0 radical (unpaired) electrons. The topological polar surface area (TPSA) is 75.3 Å². The highest BCUT2D eigenvalue weighted by Gasteiger charge is 2.39. The van der Waals surface area contributed by atoms with Gasteiger partial charge in [0.2, 0.25) is 0 Å². The van der Waals surface area contributed by atoms with Gasteiger partial charge in [-0.25, -0.2) is 8.42 Å². The van der Waals surface area contributed by atoms with Crippen molar-refractivity contribution in [3.8, 4) is 0 Å². The van der Waals surface area contributed by atoms with Crippen LogP contribution in [0.15, 0.2) is 24.3 Å². The van der Waals surface area contributed by atoms with E-state index in [2.05, 4.69) is 17.6 Å². The Bertz CT molecular complexity index is 628. The van der Waals surface area contributed by atoms with E-state index in [0.717, 1.165) is 18.7 Å². The van der Waals surface area contributed by atoms with E-state index in [4.69, 9.17) is 0 Å². The molecule has 1 fully saturated rings. The van der Waals surface area contributed by atoms with Crippen LogP contribution in [-0.2, 0) is 9.84 Å². The summed E-state index contributed by atoms with van der Waals surface area (Å²) in [6, 6.07) is 7.29. The minimum atomic E-state index is -3.04. The summed E-state index contributed by atoms with van der Waals surface area (Å²) in [5.41, 5.74) is 0.658. The van der Waals surface area contributed by atoms with Gasteiger partial charge < -0.3 is 10.6 Å². The lowest BCUT2D eigenvalue weighted by molar-refractivity contribution is 0.0916. The van der Waals surface area contributed by atoms with Crippen LogP contribution >= 0.6 is 0 Å². The van der Waals surface area contributed by atoms with Crippen molar-refractivity contribution >= 4 is 21.4 Å². The molecule has 6 heteroatoms. The monoisotopic (exact) mass is 310 g/mol. The molecule has 1 unspecified atom stereocenters. The zero-order chi connectivity index (χ0) is 15.5. The van der Waals surface area contributed by atoms with Gasteiger partial charge in [-0.2, -0.15) is 0 Å². The Morgan fingerprint density at radius 2 is 2.05 bits per heavy atom. The quantitative estimate of drug-likeness (QED) is 0.870. The Labute approximate surface area is 126 Å². The van der Waals surface area contributed by atoms with Crippen molar-refractivity contribution in [2.45, 2.75) is 32.2 Å². The molecule has 0 spiro atoms. The molecule has 0 aliphatic carbocycles. The van der Waals surface area contributed by atoms with Crippen molar-refractivity contribution in [1.29, 1.82) is 0 Å². The average molecular weight is 310 g/mol. The first-order chi connectivity index (χ1) is 9.85. The zero-order valence-electron chi connectivity index (χ0n) is 12.5. The molecular formula is C15H22N2O3S. The maximum absolute atomic E-state index is 12.5. The van der Waals surface area contributed by atoms with Crippen molar-refractivity contribution in [2.75, 3.05) is 23.4 Å². The van der Waals surface area contributed by atoms with Gasteiger partial charge in [0.15, 0.2) is 9.84 Å². The molecule has 1 heterocycles. The van der Waals surface area contributed by atoms with Crippen LogP contribution in [0.1, 0.15) is 37.0 Å². The van der Waals surface area contributed by atoms with Crippen molar-refractivity contribution in [2.24, 2.45) is 0 Å². The third kappa shape index (κ3) is 3.97. The highest BCUT2D eigenvalue weighted by atomic mass is 32.2. The molecule has 0 aromatic heterocycles. The first-order valence-electron chi connectivity index (χ1n) is 7.21. The molecule has 1 amide bonds. The molecular weight excluding hydrogens is 288 g/mol. The highest BCUT2D eigenvalue weighted by molar-refractivity contribution is 7.91. The Hall–Kier alpha value is -1.56. The number of rotatable bonds is 5. The van der Waals surface area contributed by atoms with Gasteiger partial charge in [0.25, 0.3) is 5.91 Å². The molecule has 1 aromatic rings. The summed E-state index contributed by atoms with van der Waals surface area (Å²) < 4.78 is 23.2. The predicted octanol–water partition coefficient (Wildman–Crippen LogP) is 1.82. The minimum Gasteiger partial charge on any atom is -0.384 e. The Kier molecular flexibility index (Phi) is 4.56. The molecule has 1 aromatic carbocycles. The third-order valence-electron chi connectivity index (χ3n) is 3.66. The highest BCUT2D eigenvalue weighted by Crippen LogP contribution is 2.24. The van der Waals surface area contributed by atoms with Gasteiger partial charge in [-0.1, -0.05) is 19.1 Å². The number of carbonyl (C=O) groups is 1. The van der Waals surface area contributed by atoms with E-state index in [9.17, 15) is 13.2 Å². The van der Waals surface area contributed by atoms with Crippen LogP contribution in [0.5, 0.6) is 0 Å². The summed E-state index contributed by atoms with van der Waals surface area (Å²) in [7, 11) is -3.04. The zero-order valence-corrected chi connectivity index (χ0v) is 13.3. The summed E-state index contributed by atoms with van der Waals surface area (Å²) in [5, 5.41) is 6.10. The minimum absolute atomic E-state index is 0.0102. The van der Waals surface area contributed by atoms with E-state index in [-0.39, 0.29) is 17.4 Å². The lowest BCUT2D eigenvalue weighted by Gasteiger charge is -2.24. The van der Waals surface area contributed by atoms with Crippen LogP contribution in [0.2, 0.25) is 0 Å². The van der Waals surface area contributed by atoms with Crippen molar-refractivity contribution < 1.29 is 13.2 Å². The molecule has 5 nitrogen and oxygen atoms in total. The lowest BCUT2D eigenvalue weighted by Crippen LogP contribution is -2.47. The molecule has 21 heavy (non-hydrogen) atoms. The third-order valence-corrected chi connectivity index (χ3v) is 5.56. The van der Waals surface area contributed by atoms with Crippen LogP contribution in [0.25, 0.3) is 0 Å². The number of amides is 1. The normalized spacial score (nSPS) is 23.7.